The van der Waals surface area contributed by atoms with Crippen LogP contribution in [-0.2, 0) is 17.8 Å². The molecule has 25 heavy (non-hydrogen) atoms. The van der Waals surface area contributed by atoms with Crippen LogP contribution < -0.4 is 4.74 Å². The summed E-state index contributed by atoms with van der Waals surface area (Å²) in [4.78, 5) is 14.2. The predicted molar refractivity (Wildman–Crippen MR) is 97.6 cm³/mol. The monoisotopic (exact) mass is 339 g/mol. The maximum absolute atomic E-state index is 11.9. The second kappa shape index (κ2) is 7.28. The van der Waals surface area contributed by atoms with Crippen molar-refractivity contribution in [1.29, 1.82) is 0 Å². The van der Waals surface area contributed by atoms with Gasteiger partial charge in [0.2, 0.25) is 0 Å². The molecular weight excluding hydrogens is 314 g/mol. The Kier molecular flexibility index (Phi) is 5.09. The number of hydrogen-bond donors (Lipinski definition) is 1. The van der Waals surface area contributed by atoms with Gasteiger partial charge in [0.25, 0.3) is 0 Å². The Balaban J connectivity index is 1.81. The highest BCUT2D eigenvalue weighted by Crippen LogP contribution is 2.41. The van der Waals surface area contributed by atoms with E-state index in [-0.39, 0.29) is 11.3 Å². The molecule has 1 saturated heterocycles. The van der Waals surface area contributed by atoms with Crippen LogP contribution in [0.3, 0.4) is 0 Å². The van der Waals surface area contributed by atoms with E-state index in [1.165, 1.54) is 5.56 Å². The van der Waals surface area contributed by atoms with Gasteiger partial charge >= 0.3 is 5.97 Å². The van der Waals surface area contributed by atoms with Crippen molar-refractivity contribution in [3.8, 4) is 5.75 Å². The van der Waals surface area contributed by atoms with Crippen LogP contribution in [0.5, 0.6) is 5.75 Å². The highest BCUT2D eigenvalue weighted by molar-refractivity contribution is 5.72. The maximum atomic E-state index is 11.9. The lowest BCUT2D eigenvalue weighted by molar-refractivity contribution is -0.144. The van der Waals surface area contributed by atoms with Crippen LogP contribution in [0.25, 0.3) is 0 Å². The van der Waals surface area contributed by atoms with Gasteiger partial charge in [0.15, 0.2) is 0 Å². The van der Waals surface area contributed by atoms with E-state index in [1.807, 2.05) is 42.5 Å². The maximum Gasteiger partial charge on any atom is 0.308 e. The Morgan fingerprint density at radius 2 is 1.88 bits per heavy atom. The number of ether oxygens (including phenoxy) is 1. The first kappa shape index (κ1) is 17.5. The van der Waals surface area contributed by atoms with E-state index in [2.05, 4.69) is 24.0 Å². The zero-order chi connectivity index (χ0) is 17.9. The van der Waals surface area contributed by atoms with Crippen LogP contribution in [0.2, 0.25) is 0 Å². The van der Waals surface area contributed by atoms with Crippen molar-refractivity contribution in [2.75, 3.05) is 20.2 Å². The number of carboxylic acids is 1. The fourth-order valence-corrected chi connectivity index (χ4v) is 3.97. The molecule has 2 unspecified atom stereocenters. The van der Waals surface area contributed by atoms with Gasteiger partial charge < -0.3 is 9.84 Å². The Morgan fingerprint density at radius 1 is 1.20 bits per heavy atom. The van der Waals surface area contributed by atoms with E-state index < -0.39 is 5.97 Å². The third-order valence-electron chi connectivity index (χ3n) is 5.20. The van der Waals surface area contributed by atoms with Crippen molar-refractivity contribution in [2.24, 2.45) is 11.3 Å². The molecular formula is C21H25NO3. The summed E-state index contributed by atoms with van der Waals surface area (Å²) < 4.78 is 5.46. The van der Waals surface area contributed by atoms with Crippen molar-refractivity contribution in [1.82, 2.24) is 4.90 Å². The van der Waals surface area contributed by atoms with Crippen molar-refractivity contribution in [3.05, 3.63) is 65.7 Å². The molecule has 1 aliphatic heterocycles. The Labute approximate surface area is 149 Å². The van der Waals surface area contributed by atoms with Crippen LogP contribution in [0.15, 0.2) is 54.6 Å². The Morgan fingerprint density at radius 3 is 2.56 bits per heavy atom. The van der Waals surface area contributed by atoms with Gasteiger partial charge in [-0.15, -0.1) is 0 Å². The first-order valence-electron chi connectivity index (χ1n) is 8.63. The molecule has 0 aliphatic carbocycles. The molecule has 2 aromatic carbocycles. The molecule has 132 valence electrons. The molecule has 4 heteroatoms. The highest BCUT2D eigenvalue weighted by Gasteiger charge is 2.47. The molecule has 4 nitrogen and oxygen atoms in total. The molecule has 0 amide bonds. The van der Waals surface area contributed by atoms with Crippen LogP contribution in [0, 0.1) is 11.3 Å². The van der Waals surface area contributed by atoms with E-state index in [4.69, 9.17) is 4.74 Å². The molecule has 0 radical (unpaired) electrons. The number of nitrogens with zero attached hydrogens (tertiary/aromatic N) is 1. The van der Waals surface area contributed by atoms with Gasteiger partial charge in [-0.05, 0) is 29.0 Å². The van der Waals surface area contributed by atoms with E-state index in [1.54, 1.807) is 7.11 Å². The lowest BCUT2D eigenvalue weighted by Crippen LogP contribution is -2.34. The molecule has 1 heterocycles. The van der Waals surface area contributed by atoms with Gasteiger partial charge in [-0.2, -0.15) is 0 Å². The van der Waals surface area contributed by atoms with Crippen molar-refractivity contribution >= 4 is 5.97 Å². The summed E-state index contributed by atoms with van der Waals surface area (Å²) in [7, 11) is 1.66. The highest BCUT2D eigenvalue weighted by atomic mass is 16.5. The molecule has 1 aliphatic rings. The second-order valence-electron chi connectivity index (χ2n) is 7.19. The number of aliphatic carboxylic acids is 1. The Bertz CT molecular complexity index is 731. The number of benzene rings is 2. The molecule has 0 aromatic heterocycles. The largest absolute Gasteiger partial charge is 0.496 e. The van der Waals surface area contributed by atoms with Crippen LogP contribution >= 0.6 is 0 Å². The van der Waals surface area contributed by atoms with Gasteiger partial charge in [-0.3, -0.25) is 9.69 Å². The molecule has 3 rings (SSSR count). The van der Waals surface area contributed by atoms with E-state index in [0.29, 0.717) is 13.0 Å². The lowest BCUT2D eigenvalue weighted by atomic mass is 9.75. The molecule has 1 N–H and O–H groups in total. The summed E-state index contributed by atoms with van der Waals surface area (Å²) in [5, 5.41) is 9.78. The summed E-state index contributed by atoms with van der Waals surface area (Å²) in [6.45, 7) is 4.21. The number of methoxy groups -OCH3 is 1. The number of rotatable bonds is 6. The van der Waals surface area contributed by atoms with Gasteiger partial charge in [-0.1, -0.05) is 55.5 Å². The number of para-hydroxylation sites is 1. The van der Waals surface area contributed by atoms with Crippen LogP contribution in [-0.4, -0.2) is 36.2 Å². The van der Waals surface area contributed by atoms with Crippen LogP contribution in [0.1, 0.15) is 18.1 Å². The van der Waals surface area contributed by atoms with Crippen molar-refractivity contribution in [2.45, 2.75) is 19.9 Å². The first-order valence-corrected chi connectivity index (χ1v) is 8.63. The normalized spacial score (nSPS) is 23.5. The summed E-state index contributed by atoms with van der Waals surface area (Å²) in [6, 6.07) is 18.1. The van der Waals surface area contributed by atoms with E-state index >= 15 is 0 Å². The summed E-state index contributed by atoms with van der Waals surface area (Å²) in [6.07, 6.45) is 0.694. The van der Waals surface area contributed by atoms with Crippen molar-refractivity contribution < 1.29 is 14.6 Å². The minimum Gasteiger partial charge on any atom is -0.496 e. The fraction of sp³-hybridized carbons (Fsp3) is 0.381. The average molecular weight is 339 g/mol. The Hall–Kier alpha value is -2.33. The summed E-state index contributed by atoms with van der Waals surface area (Å²) >= 11 is 0. The first-order chi connectivity index (χ1) is 12.0. The summed E-state index contributed by atoms with van der Waals surface area (Å²) in [5.41, 5.74) is 1.96. The third-order valence-corrected chi connectivity index (χ3v) is 5.20. The summed E-state index contributed by atoms with van der Waals surface area (Å²) in [5.74, 6) is -0.275. The molecule has 2 atom stereocenters. The quantitative estimate of drug-likeness (QED) is 0.876. The standard InChI is InChI=1S/C21H25NO3/c1-21(12-17-10-6-7-11-19(17)25-2)15-22(14-18(21)20(23)24)13-16-8-4-3-5-9-16/h3-11,18H,12-15H2,1-2H3,(H,23,24). The van der Waals surface area contributed by atoms with Crippen molar-refractivity contribution in [3.63, 3.8) is 0 Å². The number of likely N-dealkylation sites (tertiary alicyclic amines) is 1. The smallest absolute Gasteiger partial charge is 0.308 e. The van der Waals surface area contributed by atoms with Gasteiger partial charge in [0.05, 0.1) is 13.0 Å². The molecule has 2 aromatic rings. The molecule has 0 spiro atoms. The zero-order valence-electron chi connectivity index (χ0n) is 14.8. The van der Waals surface area contributed by atoms with E-state index in [0.717, 1.165) is 24.4 Å². The van der Waals surface area contributed by atoms with Crippen LogP contribution in [0.4, 0.5) is 0 Å². The predicted octanol–water partition coefficient (Wildman–Crippen LogP) is 3.46. The topological polar surface area (TPSA) is 49.8 Å². The molecule has 0 saturated carbocycles. The SMILES string of the molecule is COc1ccccc1CC1(C)CN(Cc2ccccc2)CC1C(=O)O. The fourth-order valence-electron chi connectivity index (χ4n) is 3.97. The zero-order valence-corrected chi connectivity index (χ0v) is 14.8. The minimum atomic E-state index is -0.715. The number of carbonyl (C=O) groups is 1. The number of carboxylic acid groups (broad SMARTS) is 1. The average Bonchev–Trinajstić information content (AvgIpc) is 2.92. The van der Waals surface area contributed by atoms with E-state index in [9.17, 15) is 9.90 Å². The third kappa shape index (κ3) is 3.85. The van der Waals surface area contributed by atoms with Gasteiger partial charge in [-0.25, -0.2) is 0 Å². The second-order valence-corrected chi connectivity index (χ2v) is 7.19. The minimum absolute atomic E-state index is 0.324. The van der Waals surface area contributed by atoms with Gasteiger partial charge in [0.1, 0.15) is 5.75 Å². The molecule has 1 fully saturated rings. The molecule has 0 bridgehead atoms. The lowest BCUT2D eigenvalue weighted by Gasteiger charge is -2.29. The number of hydrogen-bond acceptors (Lipinski definition) is 3. The van der Waals surface area contributed by atoms with Gasteiger partial charge in [0, 0.05) is 19.6 Å².